The lowest BCUT2D eigenvalue weighted by Crippen LogP contribution is -2.25. The second-order valence-corrected chi connectivity index (χ2v) is 19.3. The number of hydrogen-bond acceptors (Lipinski definition) is 10. The molecule has 4 aromatic carbocycles. The molecule has 0 saturated carbocycles. The van der Waals surface area contributed by atoms with Crippen LogP contribution in [0.4, 0.5) is 0 Å². The third-order valence-corrected chi connectivity index (χ3v) is 15.2. The van der Waals surface area contributed by atoms with Gasteiger partial charge in [-0.1, -0.05) is 105 Å². The molecule has 0 amide bonds. The van der Waals surface area contributed by atoms with E-state index in [0.29, 0.717) is 0 Å². The summed E-state index contributed by atoms with van der Waals surface area (Å²) in [6, 6.07) is 9.74. The summed E-state index contributed by atoms with van der Waals surface area (Å²) in [6.45, 7) is 13.9. The van der Waals surface area contributed by atoms with Crippen molar-refractivity contribution in [3.63, 3.8) is 0 Å². The highest BCUT2D eigenvalue weighted by molar-refractivity contribution is 5.69. The Morgan fingerprint density at radius 1 is 0.348 bits per heavy atom. The minimum absolute atomic E-state index is 0.0162. The van der Waals surface area contributed by atoms with Crippen molar-refractivity contribution >= 4 is 0 Å². The third kappa shape index (κ3) is 8.33. The summed E-state index contributed by atoms with van der Waals surface area (Å²) in [7, 11) is 0. The summed E-state index contributed by atoms with van der Waals surface area (Å²) in [4.78, 5) is 0. The van der Waals surface area contributed by atoms with E-state index >= 15 is 0 Å². The molecule has 4 unspecified atom stereocenters. The molecule has 10 nitrogen and oxygen atoms in total. The molecular weight excluding hydrogens is 829 g/mol. The Morgan fingerprint density at radius 2 is 0.561 bits per heavy atom. The predicted octanol–water partition coefficient (Wildman–Crippen LogP) is 13.3. The van der Waals surface area contributed by atoms with Gasteiger partial charge >= 0.3 is 0 Å². The summed E-state index contributed by atoms with van der Waals surface area (Å²) in [5.41, 5.74) is 26.7. The van der Waals surface area contributed by atoms with E-state index in [4.69, 9.17) is 49.4 Å². The van der Waals surface area contributed by atoms with E-state index in [9.17, 15) is 0 Å². The Bertz CT molecular complexity index is 2080. The number of nitrogens with two attached hydrogens (primary N) is 2. The van der Waals surface area contributed by atoms with Crippen LogP contribution < -0.4 is 49.4 Å². The van der Waals surface area contributed by atoms with Crippen LogP contribution in [0, 0.1) is 13.8 Å². The molecule has 1 aliphatic carbocycles. The zero-order chi connectivity index (χ0) is 45.9. The second kappa shape index (κ2) is 20.6. The highest BCUT2D eigenvalue weighted by Crippen LogP contribution is 2.58. The maximum Gasteiger partial charge on any atom is 0.230 e. The lowest BCUT2D eigenvalue weighted by molar-refractivity contribution is 0.0950. The summed E-state index contributed by atoms with van der Waals surface area (Å²) < 4.78 is 54.5. The summed E-state index contributed by atoms with van der Waals surface area (Å²) in [6.07, 6.45) is 16.7. The van der Waals surface area contributed by atoms with Gasteiger partial charge in [0, 0.05) is 92.4 Å². The SMILES string of the molecule is CCCCCC1c2cc3c4c(C)c2OCOc2c1cc1c(c2CN)OCOc2c(cc5c(c2C)OCOc2c(cc(c(c2CN)OCO4)C3CCCCC)C5CCCCC)C1CCCCC. The second-order valence-electron chi connectivity index (χ2n) is 19.3. The molecule has 4 atom stereocenters. The number of unbranched alkanes of at least 4 members (excludes halogenated alkanes) is 8. The molecule has 0 spiro atoms. The van der Waals surface area contributed by atoms with E-state index in [2.05, 4.69) is 65.8 Å². The fourth-order valence-electron chi connectivity index (χ4n) is 12.0. The van der Waals surface area contributed by atoms with Crippen LogP contribution in [-0.2, 0) is 13.1 Å². The quantitative estimate of drug-likeness (QED) is 0.0932. The lowest BCUT2D eigenvalue weighted by Gasteiger charge is -2.37. The highest BCUT2D eigenvalue weighted by Gasteiger charge is 2.40. The van der Waals surface area contributed by atoms with Crippen LogP contribution in [0.25, 0.3) is 0 Å². The minimum Gasteiger partial charge on any atom is -0.457 e. The molecule has 4 heterocycles. The zero-order valence-corrected chi connectivity index (χ0v) is 40.6. The van der Waals surface area contributed by atoms with Gasteiger partial charge in [0.25, 0.3) is 0 Å². The molecule has 0 fully saturated rings. The third-order valence-electron chi connectivity index (χ3n) is 15.2. The molecule has 4 aromatic rings. The van der Waals surface area contributed by atoms with Crippen molar-refractivity contribution in [1.29, 1.82) is 0 Å². The van der Waals surface area contributed by atoms with Gasteiger partial charge in [-0.3, -0.25) is 0 Å². The molecule has 0 radical (unpaired) electrons. The first-order valence-electron chi connectivity index (χ1n) is 25.5. The van der Waals surface area contributed by atoms with Crippen LogP contribution in [0.2, 0.25) is 0 Å². The lowest BCUT2D eigenvalue weighted by atomic mass is 9.74. The first-order chi connectivity index (χ1) is 32.4. The normalized spacial score (nSPS) is 19.5. The van der Waals surface area contributed by atoms with E-state index in [0.717, 1.165) is 215 Å². The van der Waals surface area contributed by atoms with Gasteiger partial charge in [0.1, 0.15) is 46.0 Å². The fourth-order valence-corrected chi connectivity index (χ4v) is 12.0. The van der Waals surface area contributed by atoms with Crippen LogP contribution in [0.3, 0.4) is 0 Å². The average Bonchev–Trinajstić information content (AvgIpc) is 3.30. The molecule has 5 aliphatic rings. The van der Waals surface area contributed by atoms with E-state index in [1.54, 1.807) is 0 Å². The van der Waals surface area contributed by atoms with Gasteiger partial charge in [-0.25, -0.2) is 0 Å². The molecule has 4 N–H and O–H groups in total. The smallest absolute Gasteiger partial charge is 0.230 e. The summed E-state index contributed by atoms with van der Waals surface area (Å²) in [5, 5.41) is 0. The van der Waals surface area contributed by atoms with E-state index in [1.165, 1.54) is 0 Å². The van der Waals surface area contributed by atoms with E-state index < -0.39 is 0 Å². The maximum absolute atomic E-state index is 6.89. The Labute approximate surface area is 393 Å². The monoisotopic (exact) mass is 903 g/mol. The predicted molar refractivity (Wildman–Crippen MR) is 259 cm³/mol. The topological polar surface area (TPSA) is 126 Å². The van der Waals surface area contributed by atoms with Crippen LogP contribution in [0.1, 0.15) is 221 Å². The standard InChI is InChI=1S/C56H74N2O8/c1-7-11-15-19-35-39-23-40-36(20-16-12-8-2)45-26-46-38(22-18-14-10-4)42-24-41-37(21-17-13-9-3)44-25-43(35)53-47(27-57)54(44)64-31-61-51(41)34(6)52(42)62-32-66-56(46)48(28-58)55(45)65-30-60-50(40)33(5)49(39)59-29-63-53/h23-26,35-38H,7-22,27-32,57-58H2,1-6H3. The first kappa shape index (κ1) is 46.3. The Balaban J connectivity index is 1.46. The molecule has 4 aliphatic heterocycles. The summed E-state index contributed by atoms with van der Waals surface area (Å²) in [5.74, 6) is 6.11. The number of hydrogen-bond donors (Lipinski definition) is 2. The van der Waals surface area contributed by atoms with Crippen molar-refractivity contribution in [2.24, 2.45) is 11.5 Å². The number of benzene rings is 4. The maximum atomic E-state index is 6.89. The van der Waals surface area contributed by atoms with Gasteiger partial charge in [0.15, 0.2) is 0 Å². The van der Waals surface area contributed by atoms with Gasteiger partial charge in [0.05, 0.1) is 11.1 Å². The van der Waals surface area contributed by atoms with Crippen molar-refractivity contribution in [2.45, 2.75) is 181 Å². The molecule has 8 bridgehead atoms. The minimum atomic E-state index is -0.0585. The average molecular weight is 903 g/mol. The van der Waals surface area contributed by atoms with Crippen molar-refractivity contribution < 1.29 is 37.9 Å². The molecule has 356 valence electrons. The largest absolute Gasteiger partial charge is 0.457 e. The summed E-state index contributed by atoms with van der Waals surface area (Å²) >= 11 is 0. The first-order valence-corrected chi connectivity index (χ1v) is 25.5. The van der Waals surface area contributed by atoms with Crippen molar-refractivity contribution in [1.82, 2.24) is 0 Å². The Kier molecular flexibility index (Phi) is 14.5. The number of rotatable bonds is 18. The molecule has 9 rings (SSSR count). The van der Waals surface area contributed by atoms with Gasteiger partial charge < -0.3 is 49.4 Å². The van der Waals surface area contributed by atoms with Crippen LogP contribution in [-0.4, -0.2) is 27.2 Å². The molecule has 0 aromatic heterocycles. The Morgan fingerprint density at radius 3 is 0.773 bits per heavy atom. The molecule has 66 heavy (non-hydrogen) atoms. The fraction of sp³-hybridized carbons (Fsp3) is 0.571. The van der Waals surface area contributed by atoms with E-state index in [1.807, 2.05) is 0 Å². The zero-order valence-electron chi connectivity index (χ0n) is 40.6. The van der Waals surface area contributed by atoms with Crippen molar-refractivity contribution in [3.05, 3.63) is 91.0 Å². The van der Waals surface area contributed by atoms with Gasteiger partial charge in [0.2, 0.25) is 27.2 Å². The van der Waals surface area contributed by atoms with Gasteiger partial charge in [-0.05, 0) is 63.8 Å². The van der Waals surface area contributed by atoms with Crippen molar-refractivity contribution in [2.75, 3.05) is 27.2 Å². The molecule has 0 saturated heterocycles. The highest BCUT2D eigenvalue weighted by atomic mass is 16.7. The van der Waals surface area contributed by atoms with Crippen molar-refractivity contribution in [3.8, 4) is 46.0 Å². The molecule has 10 heteroatoms. The van der Waals surface area contributed by atoms with Gasteiger partial charge in [-0.2, -0.15) is 0 Å². The molecular formula is C56H74N2O8. The van der Waals surface area contributed by atoms with Gasteiger partial charge in [-0.15, -0.1) is 0 Å². The van der Waals surface area contributed by atoms with Crippen LogP contribution in [0.5, 0.6) is 46.0 Å². The van der Waals surface area contributed by atoms with Crippen LogP contribution >= 0.6 is 0 Å². The number of ether oxygens (including phenoxy) is 8. The van der Waals surface area contributed by atoms with E-state index in [-0.39, 0.29) is 63.9 Å². The Hall–Kier alpha value is -4.80. The van der Waals surface area contributed by atoms with Crippen LogP contribution in [0.15, 0.2) is 24.3 Å².